The number of aromatic nitrogens is 6. The molecule has 1 aliphatic carbocycles. The lowest BCUT2D eigenvalue weighted by Gasteiger charge is -2.34. The summed E-state index contributed by atoms with van der Waals surface area (Å²) in [5.74, 6) is 5.79. The standard InChI is InChI=1S/C31H25BrN8O6/c1-15(41)27-19-8-20(17-10-33-16(2)34-11-17)35-12-22(19)39(38-27)13-26(42)40-21(9-31(3)7-6-24(31)40)29(43)37-28-18(4-5-25(32)36-28)23-14-45-30(44)46-23/h4-5,8,10-12,21,23-24H,9,13-14H2,1-3H3,(H,36,37,43)/t21-,23?,24+,31+/m0/s1. The number of pyridine rings is 2. The average Bonchev–Trinajstić information content (AvgIpc) is 3.66. The van der Waals surface area contributed by atoms with Crippen molar-refractivity contribution < 1.29 is 28.7 Å². The van der Waals surface area contributed by atoms with Gasteiger partial charge in [-0.15, -0.1) is 0 Å². The van der Waals surface area contributed by atoms with Crippen LogP contribution in [0.3, 0.4) is 0 Å². The van der Waals surface area contributed by atoms with Crippen LogP contribution in [0.4, 0.5) is 10.6 Å². The van der Waals surface area contributed by atoms with Gasteiger partial charge in [0.1, 0.15) is 47.2 Å². The molecule has 14 nitrogen and oxygen atoms in total. The molecule has 4 aromatic heterocycles. The molecular weight excluding hydrogens is 660 g/mol. The monoisotopic (exact) mass is 684 g/mol. The van der Waals surface area contributed by atoms with Gasteiger partial charge in [-0.1, -0.05) is 11.8 Å². The van der Waals surface area contributed by atoms with Crippen molar-refractivity contribution in [2.45, 2.75) is 51.9 Å². The Hall–Kier alpha value is -5.23. The number of anilines is 1. The molecule has 4 atom stereocenters. The minimum atomic E-state index is -0.902. The van der Waals surface area contributed by atoms with Crippen LogP contribution < -0.4 is 5.32 Å². The number of hydrogen-bond donors (Lipinski definition) is 1. The number of nitrogens with zero attached hydrogens (tertiary/aromatic N) is 7. The second kappa shape index (κ2) is 11.0. The fourth-order valence-corrected chi connectivity index (χ4v) is 6.28. The third kappa shape index (κ3) is 5.04. The number of rotatable bonds is 7. The Morgan fingerprint density at radius 2 is 1.96 bits per heavy atom. The highest BCUT2D eigenvalue weighted by Crippen LogP contribution is 2.45. The lowest BCUT2D eigenvalue weighted by Crippen LogP contribution is -2.50. The summed E-state index contributed by atoms with van der Waals surface area (Å²) in [4.78, 5) is 70.9. The van der Waals surface area contributed by atoms with Crippen molar-refractivity contribution in [2.75, 3.05) is 11.9 Å². The highest BCUT2D eigenvalue weighted by atomic mass is 79.9. The Balaban J connectivity index is 1.18. The van der Waals surface area contributed by atoms with Crippen LogP contribution in [0.25, 0.3) is 22.2 Å². The number of ketones is 1. The van der Waals surface area contributed by atoms with E-state index in [2.05, 4.69) is 58.1 Å². The molecule has 46 heavy (non-hydrogen) atoms. The first-order valence-electron chi connectivity index (χ1n) is 14.3. The molecule has 2 aliphatic heterocycles. The molecule has 2 amide bonds. The number of fused-ring (bicyclic) bond motifs is 2. The van der Waals surface area contributed by atoms with Crippen LogP contribution in [0.2, 0.25) is 0 Å². The molecular formula is C31H25BrN8O6. The summed E-state index contributed by atoms with van der Waals surface area (Å²) in [6.45, 7) is 4.81. The van der Waals surface area contributed by atoms with Crippen molar-refractivity contribution in [3.8, 4) is 23.1 Å². The molecule has 2 fully saturated rings. The van der Waals surface area contributed by atoms with Gasteiger partial charge in [0.15, 0.2) is 11.9 Å². The fourth-order valence-electron chi connectivity index (χ4n) is 5.97. The second-order valence-corrected chi connectivity index (χ2v) is 12.3. The summed E-state index contributed by atoms with van der Waals surface area (Å²) in [5.41, 5.74) is 1.76. The molecule has 6 heterocycles. The van der Waals surface area contributed by atoms with Crippen LogP contribution in [-0.4, -0.2) is 77.1 Å². The van der Waals surface area contributed by atoms with E-state index in [1.54, 1.807) is 43.7 Å². The minimum Gasteiger partial charge on any atom is -0.430 e. The maximum absolute atomic E-state index is 14.0. The summed E-state index contributed by atoms with van der Waals surface area (Å²) in [5, 5.41) is 7.84. The average molecular weight is 685 g/mol. The largest absolute Gasteiger partial charge is 0.509 e. The fraction of sp³-hybridized carbons (Fsp3) is 0.323. The van der Waals surface area contributed by atoms with Crippen molar-refractivity contribution >= 4 is 56.4 Å². The number of cyclic esters (lactones) is 2. The van der Waals surface area contributed by atoms with Gasteiger partial charge in [0.05, 0.1) is 22.8 Å². The zero-order valence-electron chi connectivity index (χ0n) is 24.8. The van der Waals surface area contributed by atoms with Gasteiger partial charge in [-0.25, -0.2) is 19.7 Å². The SMILES string of the molecule is CC(=O)c1nn(CC(=O)N2[C@H](C(=O)Nc3nc(Br)ccc3C3COC(=O)O3)C[C@@]3(C)C#C[C@@H]23)c2cnc(-c3cnc(C)nc3)cc12. The van der Waals surface area contributed by atoms with Crippen molar-refractivity contribution in [1.82, 2.24) is 34.6 Å². The number of likely N-dealkylation sites (tertiary alicyclic amines) is 1. The van der Waals surface area contributed by atoms with Gasteiger partial charge in [0, 0.05) is 35.8 Å². The Morgan fingerprint density at radius 3 is 2.63 bits per heavy atom. The molecule has 3 aliphatic rings. The predicted molar refractivity (Wildman–Crippen MR) is 164 cm³/mol. The van der Waals surface area contributed by atoms with Gasteiger partial charge in [-0.2, -0.15) is 5.10 Å². The van der Waals surface area contributed by atoms with E-state index >= 15 is 0 Å². The van der Waals surface area contributed by atoms with Crippen LogP contribution in [0.1, 0.15) is 48.2 Å². The zero-order valence-corrected chi connectivity index (χ0v) is 26.4. The molecule has 1 unspecified atom stereocenters. The van der Waals surface area contributed by atoms with Crippen LogP contribution in [0.5, 0.6) is 0 Å². The zero-order chi connectivity index (χ0) is 32.3. The minimum absolute atomic E-state index is 0.0255. The van der Waals surface area contributed by atoms with Crippen molar-refractivity contribution in [3.63, 3.8) is 0 Å². The number of carbonyl (C=O) groups is 4. The van der Waals surface area contributed by atoms with Gasteiger partial charge in [0.25, 0.3) is 0 Å². The number of nitrogens with one attached hydrogen (secondary N) is 1. The van der Waals surface area contributed by atoms with Crippen molar-refractivity contribution in [2.24, 2.45) is 5.41 Å². The van der Waals surface area contributed by atoms with Gasteiger partial charge in [-0.3, -0.25) is 24.0 Å². The molecule has 0 spiro atoms. The summed E-state index contributed by atoms with van der Waals surface area (Å²) < 4.78 is 12.0. The number of ether oxygens (including phenoxy) is 2. The molecule has 1 N–H and O–H groups in total. The van der Waals surface area contributed by atoms with Crippen LogP contribution in [0.15, 0.2) is 41.4 Å². The summed E-state index contributed by atoms with van der Waals surface area (Å²) in [7, 11) is 0. The lowest BCUT2D eigenvalue weighted by atomic mass is 9.76. The number of halogens is 1. The Morgan fingerprint density at radius 1 is 1.17 bits per heavy atom. The Labute approximate surface area is 270 Å². The highest BCUT2D eigenvalue weighted by molar-refractivity contribution is 9.10. The number of aryl methyl sites for hydroxylation is 1. The van der Waals surface area contributed by atoms with Crippen molar-refractivity contribution in [1.29, 1.82) is 0 Å². The smallest absolute Gasteiger partial charge is 0.430 e. The van der Waals surface area contributed by atoms with E-state index in [1.165, 1.54) is 16.5 Å². The van der Waals surface area contributed by atoms with Gasteiger partial charge in [0.2, 0.25) is 11.8 Å². The van der Waals surface area contributed by atoms with E-state index in [1.807, 2.05) is 6.92 Å². The number of amides is 2. The molecule has 0 saturated carbocycles. The Kier molecular flexibility index (Phi) is 7.04. The number of Topliss-reactive ketones (excluding diaryl/α,β-unsaturated/α-hetero) is 1. The van der Waals surface area contributed by atoms with E-state index in [9.17, 15) is 19.2 Å². The summed E-state index contributed by atoms with van der Waals surface area (Å²) in [6.07, 6.45) is 3.59. The molecule has 15 heteroatoms. The number of hydrogen-bond acceptors (Lipinski definition) is 11. The van der Waals surface area contributed by atoms with Crippen LogP contribution in [-0.2, 0) is 25.6 Å². The lowest BCUT2D eigenvalue weighted by molar-refractivity contribution is -0.138. The van der Waals surface area contributed by atoms with Gasteiger partial charge < -0.3 is 19.7 Å². The highest BCUT2D eigenvalue weighted by Gasteiger charge is 2.56. The van der Waals surface area contributed by atoms with E-state index in [-0.39, 0.29) is 30.4 Å². The van der Waals surface area contributed by atoms with Gasteiger partial charge >= 0.3 is 6.16 Å². The Bertz CT molecular complexity index is 2040. The summed E-state index contributed by atoms with van der Waals surface area (Å²) >= 11 is 3.32. The van der Waals surface area contributed by atoms with E-state index in [4.69, 9.17) is 9.47 Å². The van der Waals surface area contributed by atoms with Crippen LogP contribution in [0, 0.1) is 24.2 Å². The molecule has 0 aromatic carbocycles. The molecule has 0 radical (unpaired) electrons. The van der Waals surface area contributed by atoms with Crippen molar-refractivity contribution in [3.05, 3.63) is 58.5 Å². The number of carbonyl (C=O) groups excluding carboxylic acids is 4. The van der Waals surface area contributed by atoms with E-state index in [0.29, 0.717) is 44.6 Å². The second-order valence-electron chi connectivity index (χ2n) is 11.5. The molecule has 0 bridgehead atoms. The first-order valence-corrected chi connectivity index (χ1v) is 15.1. The topological polar surface area (TPSA) is 171 Å². The summed E-state index contributed by atoms with van der Waals surface area (Å²) in [6, 6.07) is 3.67. The quantitative estimate of drug-likeness (QED) is 0.131. The van der Waals surface area contributed by atoms with Gasteiger partial charge in [-0.05, 0) is 54.4 Å². The third-order valence-corrected chi connectivity index (χ3v) is 8.77. The molecule has 7 rings (SSSR count). The molecule has 2 saturated heterocycles. The first kappa shape index (κ1) is 29.5. The third-order valence-electron chi connectivity index (χ3n) is 8.32. The van der Waals surface area contributed by atoms with Crippen LogP contribution >= 0.6 is 15.9 Å². The molecule has 4 aromatic rings. The molecule has 232 valence electrons. The first-order chi connectivity index (χ1) is 22.0. The maximum atomic E-state index is 14.0. The van der Waals surface area contributed by atoms with E-state index in [0.717, 1.165) is 0 Å². The predicted octanol–water partition coefficient (Wildman–Crippen LogP) is 3.40. The van der Waals surface area contributed by atoms with E-state index < -0.39 is 41.6 Å². The normalized spacial score (nSPS) is 22.7. The maximum Gasteiger partial charge on any atom is 0.509 e.